The van der Waals surface area contributed by atoms with Crippen LogP contribution in [0.15, 0.2) is 12.1 Å². The van der Waals surface area contributed by atoms with Gasteiger partial charge in [-0.25, -0.2) is 0 Å². The van der Waals surface area contributed by atoms with Crippen LogP contribution in [0.25, 0.3) is 0 Å². The van der Waals surface area contributed by atoms with Crippen LogP contribution in [0.3, 0.4) is 0 Å². The molecule has 3 nitrogen and oxygen atoms in total. The Hall–Kier alpha value is -0.930. The van der Waals surface area contributed by atoms with Gasteiger partial charge in [0, 0.05) is 29.5 Å². The first-order chi connectivity index (χ1) is 10.5. The zero-order chi connectivity index (χ0) is 15.7. The molecule has 2 N–H and O–H groups in total. The second-order valence-corrected chi connectivity index (χ2v) is 7.62. The maximum absolute atomic E-state index is 6.11. The van der Waals surface area contributed by atoms with E-state index in [2.05, 4.69) is 37.8 Å². The first kappa shape index (κ1) is 15.9. The highest BCUT2D eigenvalue weighted by Crippen LogP contribution is 2.44. The third-order valence-electron chi connectivity index (χ3n) is 5.65. The Balaban J connectivity index is 1.79. The second-order valence-electron chi connectivity index (χ2n) is 7.62. The maximum Gasteiger partial charge on any atom is 0.0449 e. The molecule has 122 valence electrons. The van der Waals surface area contributed by atoms with Gasteiger partial charge in [-0.15, -0.1) is 0 Å². The molecule has 2 aliphatic rings. The maximum atomic E-state index is 6.11. The molecule has 3 rings (SSSR count). The molecule has 0 aromatic carbocycles. The van der Waals surface area contributed by atoms with Gasteiger partial charge in [0.05, 0.1) is 0 Å². The number of rotatable bonds is 4. The van der Waals surface area contributed by atoms with Crippen molar-refractivity contribution in [3.05, 3.63) is 29.1 Å². The van der Waals surface area contributed by atoms with Gasteiger partial charge in [-0.05, 0) is 56.2 Å². The Morgan fingerprint density at radius 2 is 2.09 bits per heavy atom. The van der Waals surface area contributed by atoms with Gasteiger partial charge in [0.25, 0.3) is 0 Å². The highest BCUT2D eigenvalue weighted by molar-refractivity contribution is 5.25. The third-order valence-corrected chi connectivity index (χ3v) is 5.65. The molecule has 1 saturated carbocycles. The lowest BCUT2D eigenvalue weighted by molar-refractivity contribution is -0.0347. The Labute approximate surface area is 135 Å². The van der Waals surface area contributed by atoms with Crippen LogP contribution in [0.4, 0.5) is 0 Å². The quantitative estimate of drug-likeness (QED) is 0.923. The van der Waals surface area contributed by atoms with E-state index in [9.17, 15) is 0 Å². The summed E-state index contributed by atoms with van der Waals surface area (Å²) in [5.74, 6) is 0.505. The lowest BCUT2D eigenvalue weighted by atomic mass is 9.67. The fourth-order valence-corrected chi connectivity index (χ4v) is 4.30. The van der Waals surface area contributed by atoms with Gasteiger partial charge in [-0.1, -0.05) is 33.3 Å². The Kier molecular flexibility index (Phi) is 4.56. The van der Waals surface area contributed by atoms with Crippen LogP contribution in [-0.4, -0.2) is 28.0 Å². The van der Waals surface area contributed by atoms with E-state index in [-0.39, 0.29) is 0 Å². The van der Waals surface area contributed by atoms with E-state index < -0.39 is 0 Å². The van der Waals surface area contributed by atoms with Crippen molar-refractivity contribution in [2.75, 3.05) is 6.54 Å². The zero-order valence-electron chi connectivity index (χ0n) is 14.4. The van der Waals surface area contributed by atoms with Gasteiger partial charge in [0.2, 0.25) is 0 Å². The summed E-state index contributed by atoms with van der Waals surface area (Å²) >= 11 is 0. The standard InChI is InChI=1S/C19H31N3/c1-4-17-15(7-8-18(21-17)14(2)3)13-22-10-6-5-9-19(22)11-16(20)12-19/h7-8,14,16H,4-6,9-13,20H2,1-3H3. The van der Waals surface area contributed by atoms with Gasteiger partial charge in [-0.2, -0.15) is 0 Å². The number of nitrogens with zero attached hydrogens (tertiary/aromatic N) is 2. The van der Waals surface area contributed by atoms with Crippen molar-refractivity contribution in [1.29, 1.82) is 0 Å². The number of likely N-dealkylation sites (tertiary alicyclic amines) is 1. The van der Waals surface area contributed by atoms with Crippen LogP contribution in [0, 0.1) is 0 Å². The van der Waals surface area contributed by atoms with Gasteiger partial charge >= 0.3 is 0 Å². The van der Waals surface area contributed by atoms with Crippen LogP contribution in [0.5, 0.6) is 0 Å². The average Bonchev–Trinajstić information content (AvgIpc) is 2.48. The zero-order valence-corrected chi connectivity index (χ0v) is 14.4. The van der Waals surface area contributed by atoms with E-state index >= 15 is 0 Å². The SMILES string of the molecule is CCc1nc(C(C)C)ccc1CN1CCCCC12CC(N)C2. The summed E-state index contributed by atoms with van der Waals surface area (Å²) in [6.07, 6.45) is 7.43. The second kappa shape index (κ2) is 6.29. The fraction of sp³-hybridized carbons (Fsp3) is 0.737. The fourth-order valence-electron chi connectivity index (χ4n) is 4.30. The minimum atomic E-state index is 0.402. The molecule has 0 amide bonds. The monoisotopic (exact) mass is 301 g/mol. The Morgan fingerprint density at radius 3 is 2.73 bits per heavy atom. The molecule has 1 aliphatic heterocycles. The number of nitrogens with two attached hydrogens (primary N) is 1. The molecule has 1 aliphatic carbocycles. The van der Waals surface area contributed by atoms with E-state index in [1.54, 1.807) is 0 Å². The Morgan fingerprint density at radius 1 is 1.32 bits per heavy atom. The number of hydrogen-bond donors (Lipinski definition) is 1. The van der Waals surface area contributed by atoms with Gasteiger partial charge in [0.15, 0.2) is 0 Å². The van der Waals surface area contributed by atoms with Crippen molar-refractivity contribution in [2.24, 2.45) is 5.73 Å². The molecule has 1 spiro atoms. The highest BCUT2D eigenvalue weighted by atomic mass is 15.2. The van der Waals surface area contributed by atoms with Crippen LogP contribution < -0.4 is 5.73 Å². The summed E-state index contributed by atoms with van der Waals surface area (Å²) < 4.78 is 0. The predicted octanol–water partition coefficient (Wildman–Crippen LogP) is 3.61. The number of hydrogen-bond acceptors (Lipinski definition) is 3. The van der Waals surface area contributed by atoms with Crippen molar-refractivity contribution >= 4 is 0 Å². The normalized spacial score (nSPS) is 29.0. The number of aryl methyl sites for hydroxylation is 1. The molecular weight excluding hydrogens is 270 g/mol. The van der Waals surface area contributed by atoms with Crippen molar-refractivity contribution in [2.45, 2.75) is 83.3 Å². The Bertz CT molecular complexity index is 512. The van der Waals surface area contributed by atoms with E-state index in [0.717, 1.165) is 13.0 Å². The molecule has 1 aromatic heterocycles. The first-order valence-corrected chi connectivity index (χ1v) is 9.03. The van der Waals surface area contributed by atoms with Crippen molar-refractivity contribution in [1.82, 2.24) is 9.88 Å². The molecule has 0 radical (unpaired) electrons. The molecule has 3 heteroatoms. The summed E-state index contributed by atoms with van der Waals surface area (Å²) in [5, 5.41) is 0. The topological polar surface area (TPSA) is 42.2 Å². The average molecular weight is 301 g/mol. The smallest absolute Gasteiger partial charge is 0.0449 e. The van der Waals surface area contributed by atoms with Crippen LogP contribution in [-0.2, 0) is 13.0 Å². The highest BCUT2D eigenvalue weighted by Gasteiger charge is 2.47. The molecular formula is C19H31N3. The molecule has 0 bridgehead atoms. The summed E-state index contributed by atoms with van der Waals surface area (Å²) in [6.45, 7) is 8.94. The molecule has 0 unspecified atom stereocenters. The van der Waals surface area contributed by atoms with Crippen LogP contribution >= 0.6 is 0 Å². The van der Waals surface area contributed by atoms with E-state index in [1.165, 1.54) is 55.6 Å². The van der Waals surface area contributed by atoms with Gasteiger partial charge < -0.3 is 5.73 Å². The number of piperidine rings is 1. The summed E-state index contributed by atoms with van der Waals surface area (Å²) in [6, 6.07) is 4.97. The van der Waals surface area contributed by atoms with Crippen molar-refractivity contribution in [3.63, 3.8) is 0 Å². The summed E-state index contributed by atoms with van der Waals surface area (Å²) in [5.41, 5.74) is 10.4. The lowest BCUT2D eigenvalue weighted by Crippen LogP contribution is -2.63. The number of aromatic nitrogens is 1. The van der Waals surface area contributed by atoms with Crippen molar-refractivity contribution < 1.29 is 0 Å². The minimum Gasteiger partial charge on any atom is -0.328 e. The van der Waals surface area contributed by atoms with Gasteiger partial charge in [0.1, 0.15) is 0 Å². The van der Waals surface area contributed by atoms with E-state index in [1.807, 2.05) is 0 Å². The molecule has 22 heavy (non-hydrogen) atoms. The molecule has 0 atom stereocenters. The molecule has 1 aromatic rings. The first-order valence-electron chi connectivity index (χ1n) is 9.03. The van der Waals surface area contributed by atoms with Gasteiger partial charge in [-0.3, -0.25) is 9.88 Å². The van der Waals surface area contributed by atoms with E-state index in [4.69, 9.17) is 10.7 Å². The third kappa shape index (κ3) is 2.93. The molecule has 2 heterocycles. The summed E-state index contributed by atoms with van der Waals surface area (Å²) in [7, 11) is 0. The molecule has 2 fully saturated rings. The largest absolute Gasteiger partial charge is 0.328 e. The van der Waals surface area contributed by atoms with Crippen LogP contribution in [0.1, 0.15) is 75.7 Å². The lowest BCUT2D eigenvalue weighted by Gasteiger charge is -2.56. The molecule has 1 saturated heterocycles. The van der Waals surface area contributed by atoms with Crippen LogP contribution in [0.2, 0.25) is 0 Å². The number of pyridine rings is 1. The predicted molar refractivity (Wildman–Crippen MR) is 91.9 cm³/mol. The summed E-state index contributed by atoms with van der Waals surface area (Å²) in [4.78, 5) is 7.62. The van der Waals surface area contributed by atoms with Crippen molar-refractivity contribution in [3.8, 4) is 0 Å². The minimum absolute atomic E-state index is 0.402. The van der Waals surface area contributed by atoms with E-state index in [0.29, 0.717) is 17.5 Å².